The Labute approximate surface area is 163 Å². The first kappa shape index (κ1) is 21.3. The van der Waals surface area contributed by atoms with Crippen LogP contribution in [0.25, 0.3) is 0 Å². The number of anilines is 1. The molecule has 0 aliphatic carbocycles. The van der Waals surface area contributed by atoms with E-state index in [1.807, 2.05) is 82.3 Å². The van der Waals surface area contributed by atoms with Gasteiger partial charge in [-0.1, -0.05) is 55.5 Å². The molecule has 1 heterocycles. The Hall–Kier alpha value is -2.02. The van der Waals surface area contributed by atoms with Gasteiger partial charge in [-0.25, -0.2) is 8.93 Å². The van der Waals surface area contributed by atoms with Crippen molar-refractivity contribution >= 4 is 22.6 Å². The minimum absolute atomic E-state index is 0. The first-order chi connectivity index (χ1) is 12.3. The minimum Gasteiger partial charge on any atom is -0.412 e. The molecule has 5 nitrogen and oxygen atoms in total. The summed E-state index contributed by atoms with van der Waals surface area (Å²) in [7, 11) is -1.35. The Bertz CT molecular complexity index is 833. The monoisotopic (exact) mass is 388 g/mol. The first-order valence-electron chi connectivity index (χ1n) is 8.94. The Morgan fingerprint density at radius 3 is 2.22 bits per heavy atom. The molecule has 3 N–H and O–H groups in total. The van der Waals surface area contributed by atoms with E-state index >= 15 is 0 Å². The summed E-state index contributed by atoms with van der Waals surface area (Å²) in [5, 5.41) is 0. The van der Waals surface area contributed by atoms with E-state index in [0.29, 0.717) is 13.0 Å². The van der Waals surface area contributed by atoms with Gasteiger partial charge in [-0.05, 0) is 38.8 Å². The van der Waals surface area contributed by atoms with Gasteiger partial charge in [0.1, 0.15) is 5.54 Å². The van der Waals surface area contributed by atoms with Crippen LogP contribution in [-0.2, 0) is 27.9 Å². The zero-order chi connectivity index (χ0) is 18.9. The summed E-state index contributed by atoms with van der Waals surface area (Å²) in [5.74, 6) is -0.0392. The van der Waals surface area contributed by atoms with Crippen LogP contribution in [0.4, 0.5) is 5.69 Å². The van der Waals surface area contributed by atoms with E-state index in [9.17, 15) is 9.00 Å². The summed E-state index contributed by atoms with van der Waals surface area (Å²) in [5.41, 5.74) is 1.91. The normalized spacial score (nSPS) is 20.1. The predicted molar refractivity (Wildman–Crippen MR) is 111 cm³/mol. The average Bonchev–Trinajstić information content (AvgIpc) is 2.85. The van der Waals surface area contributed by atoms with Gasteiger partial charge in [0.25, 0.3) is 5.91 Å². The topological polar surface area (TPSA) is 80.9 Å². The molecule has 0 saturated carbocycles. The number of rotatable bonds is 5. The second kappa shape index (κ2) is 7.92. The number of amides is 1. The number of nitrogens with one attached hydrogen (secondary N) is 1. The summed E-state index contributed by atoms with van der Waals surface area (Å²) < 4.78 is 15.6. The van der Waals surface area contributed by atoms with E-state index in [0.717, 1.165) is 16.8 Å². The minimum atomic E-state index is -1.35. The van der Waals surface area contributed by atoms with E-state index in [1.165, 1.54) is 0 Å². The third kappa shape index (κ3) is 3.83. The third-order valence-electron chi connectivity index (χ3n) is 4.80. The summed E-state index contributed by atoms with van der Waals surface area (Å²) >= 11 is 0. The quantitative estimate of drug-likeness (QED) is 0.854. The smallest absolute Gasteiger partial charge is 0.253 e. The van der Waals surface area contributed by atoms with Gasteiger partial charge < -0.3 is 10.4 Å². The summed E-state index contributed by atoms with van der Waals surface area (Å²) in [6.07, 6.45) is 0.538. The molecule has 2 aromatic rings. The molecule has 0 fully saturated rings. The molecule has 0 radical (unpaired) electrons. The lowest BCUT2D eigenvalue weighted by Gasteiger charge is -2.31. The molecule has 1 aliphatic rings. The van der Waals surface area contributed by atoms with Crippen molar-refractivity contribution in [2.45, 2.75) is 50.9 Å². The van der Waals surface area contributed by atoms with Crippen LogP contribution in [0.2, 0.25) is 0 Å². The van der Waals surface area contributed by atoms with E-state index in [1.54, 1.807) is 4.90 Å². The van der Waals surface area contributed by atoms with Gasteiger partial charge in [0.15, 0.2) is 0 Å². The number of fused-ring (bicyclic) bond motifs is 1. The number of carbonyl (C=O) groups excluding carboxylic acids is 1. The molecule has 0 saturated heterocycles. The van der Waals surface area contributed by atoms with Crippen molar-refractivity contribution in [2.24, 2.45) is 0 Å². The molecular formula is C21H28N2O3S. The van der Waals surface area contributed by atoms with Gasteiger partial charge in [0, 0.05) is 11.3 Å². The highest BCUT2D eigenvalue weighted by molar-refractivity contribution is 7.84. The van der Waals surface area contributed by atoms with Crippen molar-refractivity contribution in [2.75, 3.05) is 4.90 Å². The van der Waals surface area contributed by atoms with Gasteiger partial charge in [0.2, 0.25) is 0 Å². The Balaban J connectivity index is 0.00000261. The highest BCUT2D eigenvalue weighted by Gasteiger charge is 2.51. The summed E-state index contributed by atoms with van der Waals surface area (Å²) in [6, 6.07) is 17.8. The van der Waals surface area contributed by atoms with Crippen molar-refractivity contribution in [3.05, 3.63) is 65.7 Å². The molecular weight excluding hydrogens is 360 g/mol. The van der Waals surface area contributed by atoms with E-state index < -0.39 is 21.3 Å². The fourth-order valence-corrected chi connectivity index (χ4v) is 4.24. The molecule has 1 amide bonds. The maximum Gasteiger partial charge on any atom is 0.253 e. The van der Waals surface area contributed by atoms with Crippen molar-refractivity contribution < 1.29 is 14.5 Å². The van der Waals surface area contributed by atoms with Crippen LogP contribution < -0.4 is 9.62 Å². The molecule has 0 unspecified atom stereocenters. The fourth-order valence-electron chi connectivity index (χ4n) is 3.27. The molecule has 2 atom stereocenters. The molecule has 146 valence electrons. The lowest BCUT2D eigenvalue weighted by Crippen LogP contribution is -2.53. The molecule has 0 aromatic heterocycles. The molecule has 27 heavy (non-hydrogen) atoms. The average molecular weight is 389 g/mol. The lowest BCUT2D eigenvalue weighted by atomic mass is 9.90. The van der Waals surface area contributed by atoms with Crippen LogP contribution in [0, 0.1) is 0 Å². The molecule has 0 spiro atoms. The van der Waals surface area contributed by atoms with Crippen molar-refractivity contribution in [3.8, 4) is 0 Å². The maximum absolute atomic E-state index is 13.5. The summed E-state index contributed by atoms with van der Waals surface area (Å²) in [4.78, 5) is 15.3. The number of para-hydroxylation sites is 1. The third-order valence-corrected chi connectivity index (χ3v) is 6.45. The molecule has 2 aromatic carbocycles. The van der Waals surface area contributed by atoms with Crippen molar-refractivity contribution in [3.63, 3.8) is 0 Å². The van der Waals surface area contributed by atoms with Crippen LogP contribution >= 0.6 is 0 Å². The second-order valence-corrected chi connectivity index (χ2v) is 9.60. The zero-order valence-corrected chi connectivity index (χ0v) is 17.1. The molecule has 3 rings (SSSR count). The Morgan fingerprint density at radius 1 is 1.04 bits per heavy atom. The first-order valence-corrected chi connectivity index (χ1v) is 10.1. The van der Waals surface area contributed by atoms with Gasteiger partial charge in [0.05, 0.1) is 22.3 Å². The Morgan fingerprint density at radius 2 is 1.63 bits per heavy atom. The van der Waals surface area contributed by atoms with Gasteiger partial charge >= 0.3 is 0 Å². The van der Waals surface area contributed by atoms with Crippen LogP contribution in [0.15, 0.2) is 54.6 Å². The van der Waals surface area contributed by atoms with Crippen molar-refractivity contribution in [1.29, 1.82) is 0 Å². The van der Waals surface area contributed by atoms with Crippen LogP contribution in [-0.4, -0.2) is 20.3 Å². The van der Waals surface area contributed by atoms with Gasteiger partial charge in [-0.3, -0.25) is 4.79 Å². The zero-order valence-electron chi connectivity index (χ0n) is 16.3. The predicted octanol–water partition coefficient (Wildman–Crippen LogP) is 3.07. The number of carbonyl (C=O) groups is 1. The Kier molecular flexibility index (Phi) is 6.24. The molecule has 0 bridgehead atoms. The van der Waals surface area contributed by atoms with Crippen molar-refractivity contribution in [1.82, 2.24) is 4.72 Å². The maximum atomic E-state index is 13.5. The summed E-state index contributed by atoms with van der Waals surface area (Å²) in [6.45, 7) is 8.20. The number of hydrogen-bond donors (Lipinski definition) is 1. The lowest BCUT2D eigenvalue weighted by molar-refractivity contribution is -0.123. The molecule has 1 aliphatic heterocycles. The van der Waals surface area contributed by atoms with E-state index in [-0.39, 0.29) is 11.4 Å². The highest BCUT2D eigenvalue weighted by Crippen LogP contribution is 2.43. The van der Waals surface area contributed by atoms with Crippen LogP contribution in [0.1, 0.15) is 45.2 Å². The van der Waals surface area contributed by atoms with Crippen LogP contribution in [0.5, 0.6) is 0 Å². The van der Waals surface area contributed by atoms with Gasteiger partial charge in [-0.15, -0.1) is 0 Å². The SMILES string of the molecule is CC[C@@]1(N[S@@](=O)C(C)(C)C)C(=O)N(Cc2ccccc2)c2ccccc21.O. The number of hydrogen-bond acceptors (Lipinski definition) is 2. The van der Waals surface area contributed by atoms with E-state index in [4.69, 9.17) is 0 Å². The fraction of sp³-hybridized carbons (Fsp3) is 0.381. The number of nitrogens with zero attached hydrogens (tertiary/aromatic N) is 1. The van der Waals surface area contributed by atoms with E-state index in [2.05, 4.69) is 4.72 Å². The number of benzene rings is 2. The highest BCUT2D eigenvalue weighted by atomic mass is 32.2. The second-order valence-electron chi connectivity index (χ2n) is 7.64. The van der Waals surface area contributed by atoms with Gasteiger partial charge in [-0.2, -0.15) is 0 Å². The van der Waals surface area contributed by atoms with Crippen LogP contribution in [0.3, 0.4) is 0 Å². The standard InChI is InChI=1S/C21H26N2O2S.H2O/c1-5-21(22-26(25)20(2,3)4)17-13-9-10-14-18(17)23(19(21)24)15-16-11-7-6-8-12-16;/h6-14,22H,5,15H2,1-4H3;1H2/t21-,26-;/m0./s1. The largest absolute Gasteiger partial charge is 0.412 e. The molecule has 6 heteroatoms.